The van der Waals surface area contributed by atoms with Crippen LogP contribution in [0.25, 0.3) is 17.6 Å². The van der Waals surface area contributed by atoms with Crippen molar-refractivity contribution in [3.63, 3.8) is 0 Å². The van der Waals surface area contributed by atoms with Crippen molar-refractivity contribution in [1.29, 1.82) is 0 Å². The molecule has 0 amide bonds. The van der Waals surface area contributed by atoms with Crippen molar-refractivity contribution in [3.8, 4) is 11.5 Å². The molecule has 1 fully saturated rings. The van der Waals surface area contributed by atoms with Crippen molar-refractivity contribution in [2.75, 3.05) is 12.4 Å². The number of aromatic nitrogens is 3. The summed E-state index contributed by atoms with van der Waals surface area (Å²) >= 11 is 0. The molecule has 0 radical (unpaired) electrons. The van der Waals surface area contributed by atoms with Crippen LogP contribution in [0.3, 0.4) is 0 Å². The first-order valence-electron chi connectivity index (χ1n) is 10.4. The van der Waals surface area contributed by atoms with E-state index in [-0.39, 0.29) is 39.9 Å². The Morgan fingerprint density at radius 1 is 1.15 bits per heavy atom. The van der Waals surface area contributed by atoms with Crippen molar-refractivity contribution >= 4 is 15.9 Å². The van der Waals surface area contributed by atoms with Crippen LogP contribution in [0.4, 0.5) is 22.0 Å². The molecule has 0 saturated heterocycles. The number of sulfone groups is 1. The highest BCUT2D eigenvalue weighted by molar-refractivity contribution is 7.91. The number of hydrogen-bond donors (Lipinski definition) is 0. The van der Waals surface area contributed by atoms with Gasteiger partial charge in [-0.2, -0.15) is 8.78 Å². The minimum absolute atomic E-state index is 0.00654. The van der Waals surface area contributed by atoms with Crippen LogP contribution < -0.4 is 0 Å². The quantitative estimate of drug-likeness (QED) is 0.451. The molecule has 5 nitrogen and oxygen atoms in total. The molecule has 1 aliphatic carbocycles. The maximum atomic E-state index is 14.8. The van der Waals surface area contributed by atoms with E-state index in [1.165, 1.54) is 24.7 Å². The first-order valence-corrected chi connectivity index (χ1v) is 12.1. The molecular formula is C22H26F5N3O2S. The molecule has 0 bridgehead atoms. The Bertz CT molecular complexity index is 1170. The van der Waals surface area contributed by atoms with Crippen molar-refractivity contribution < 1.29 is 30.4 Å². The molecule has 0 spiro atoms. The smallest absolute Gasteiger partial charge is 0.320 e. The van der Waals surface area contributed by atoms with Crippen LogP contribution in [0.1, 0.15) is 50.8 Å². The Balaban J connectivity index is 2.04. The molecular weight excluding hydrogens is 465 g/mol. The minimum Gasteiger partial charge on any atom is -0.326 e. The largest absolute Gasteiger partial charge is 0.326 e. The van der Waals surface area contributed by atoms with Crippen LogP contribution >= 0.6 is 0 Å². The van der Waals surface area contributed by atoms with Crippen molar-refractivity contribution in [3.05, 3.63) is 35.8 Å². The maximum Gasteiger partial charge on any atom is 0.320 e. The molecule has 182 valence electrons. The molecule has 0 N–H and O–H groups in total. The highest BCUT2D eigenvalue weighted by Gasteiger charge is 2.63. The van der Waals surface area contributed by atoms with Gasteiger partial charge in [-0.3, -0.25) is 4.98 Å². The summed E-state index contributed by atoms with van der Waals surface area (Å²) in [5, 5.41) is 0. The Labute approximate surface area is 189 Å². The molecule has 2 aromatic heterocycles. The molecule has 0 aromatic carbocycles. The van der Waals surface area contributed by atoms with Gasteiger partial charge in [-0.15, -0.1) is 0 Å². The van der Waals surface area contributed by atoms with Gasteiger partial charge >= 0.3 is 5.92 Å². The van der Waals surface area contributed by atoms with Gasteiger partial charge in [0.1, 0.15) is 12.4 Å². The van der Waals surface area contributed by atoms with E-state index in [4.69, 9.17) is 0 Å². The summed E-state index contributed by atoms with van der Waals surface area (Å²) < 4.78 is 97.2. The van der Waals surface area contributed by atoms with E-state index in [0.29, 0.717) is 13.8 Å². The van der Waals surface area contributed by atoms with Gasteiger partial charge in [0.05, 0.1) is 22.5 Å². The van der Waals surface area contributed by atoms with Gasteiger partial charge in [-0.25, -0.2) is 26.6 Å². The van der Waals surface area contributed by atoms with E-state index in [2.05, 4.69) is 9.97 Å². The summed E-state index contributed by atoms with van der Waals surface area (Å²) in [4.78, 5) is 8.43. The molecule has 2 heterocycles. The van der Waals surface area contributed by atoms with E-state index in [1.807, 2.05) is 0 Å². The summed E-state index contributed by atoms with van der Waals surface area (Å²) in [6, 6.07) is 1.57. The third-order valence-electron chi connectivity index (χ3n) is 5.85. The molecule has 11 heteroatoms. The number of halogens is 5. The fraction of sp³-hybridized carbons (Fsp3) is 0.545. The molecule has 0 aliphatic heterocycles. The Morgan fingerprint density at radius 3 is 2.30 bits per heavy atom. The topological polar surface area (TPSA) is 64.8 Å². The predicted octanol–water partition coefficient (Wildman–Crippen LogP) is 5.23. The summed E-state index contributed by atoms with van der Waals surface area (Å²) in [5.41, 5.74) is -6.26. The van der Waals surface area contributed by atoms with Gasteiger partial charge in [-0.1, -0.05) is 6.92 Å². The van der Waals surface area contributed by atoms with Gasteiger partial charge in [0, 0.05) is 13.2 Å². The van der Waals surface area contributed by atoms with Crippen LogP contribution in [-0.2, 0) is 16.9 Å². The fourth-order valence-electron chi connectivity index (χ4n) is 3.40. The van der Waals surface area contributed by atoms with Crippen molar-refractivity contribution in [2.24, 2.45) is 7.05 Å². The second kappa shape index (κ2) is 8.48. The number of rotatable bonds is 9. The number of pyridine rings is 1. The third-order valence-corrected chi connectivity index (χ3v) is 7.60. The van der Waals surface area contributed by atoms with Gasteiger partial charge in [0.15, 0.2) is 21.3 Å². The van der Waals surface area contributed by atoms with Crippen LogP contribution in [0, 0.1) is 0 Å². The fourth-order valence-corrected chi connectivity index (χ4v) is 4.47. The SMILES string of the molecule is CCS(=O)(=O)c1cc(C2CC2)cnc1-c1ncc(/C=C/C(F)(CF)C(F)(F)C(C)(C)F)n1C. The number of allylic oxidation sites excluding steroid dienone is 1. The summed E-state index contributed by atoms with van der Waals surface area (Å²) in [7, 11) is -2.22. The second-order valence-corrected chi connectivity index (χ2v) is 11.0. The standard InChI is InChI=1S/C22H26F5N3O2S/c1-5-33(31,32)17-10-15(14-6-7-14)11-28-18(17)19-29-12-16(30(19)4)8-9-21(25,13-23)22(26,27)20(2,3)24/h8-12,14H,5-7,13H2,1-4H3/b9-8+. The number of alkyl halides is 5. The van der Waals surface area contributed by atoms with Crippen molar-refractivity contribution in [2.45, 2.75) is 61.7 Å². The zero-order valence-electron chi connectivity index (χ0n) is 18.7. The van der Waals surface area contributed by atoms with E-state index < -0.39 is 33.8 Å². The molecule has 1 unspecified atom stereocenters. The van der Waals surface area contributed by atoms with Crippen LogP contribution in [-0.4, -0.2) is 52.6 Å². The molecule has 2 aromatic rings. The maximum absolute atomic E-state index is 14.8. The Hall–Kier alpha value is -2.30. The lowest BCUT2D eigenvalue weighted by Crippen LogP contribution is -2.55. The zero-order valence-corrected chi connectivity index (χ0v) is 19.6. The van der Waals surface area contributed by atoms with Crippen LogP contribution in [0.2, 0.25) is 0 Å². The van der Waals surface area contributed by atoms with Gasteiger partial charge in [0.25, 0.3) is 0 Å². The first kappa shape index (κ1) is 25.3. The first-order chi connectivity index (χ1) is 15.2. The lowest BCUT2D eigenvalue weighted by Gasteiger charge is -2.35. The van der Waals surface area contributed by atoms with Crippen LogP contribution in [0.5, 0.6) is 0 Å². The van der Waals surface area contributed by atoms with E-state index in [1.54, 1.807) is 12.3 Å². The van der Waals surface area contributed by atoms with Crippen LogP contribution in [0.15, 0.2) is 29.4 Å². The summed E-state index contributed by atoms with van der Waals surface area (Å²) in [5.74, 6) is -4.44. The lowest BCUT2D eigenvalue weighted by molar-refractivity contribution is -0.198. The number of nitrogens with zero attached hydrogens (tertiary/aromatic N) is 3. The van der Waals surface area contributed by atoms with E-state index in [9.17, 15) is 30.4 Å². The zero-order chi connectivity index (χ0) is 24.8. The van der Waals surface area contributed by atoms with Gasteiger partial charge in [0.2, 0.25) is 5.67 Å². The Morgan fingerprint density at radius 2 is 1.79 bits per heavy atom. The Kier molecular flexibility index (Phi) is 6.51. The van der Waals surface area contributed by atoms with Crippen molar-refractivity contribution in [1.82, 2.24) is 14.5 Å². The predicted molar refractivity (Wildman–Crippen MR) is 115 cm³/mol. The highest BCUT2D eigenvalue weighted by Crippen LogP contribution is 2.45. The highest BCUT2D eigenvalue weighted by atomic mass is 32.2. The number of imidazole rings is 1. The average Bonchev–Trinajstić information content (AvgIpc) is 3.54. The number of hydrogen-bond acceptors (Lipinski definition) is 4. The molecule has 33 heavy (non-hydrogen) atoms. The third kappa shape index (κ3) is 4.56. The molecule has 1 aliphatic rings. The molecule has 1 saturated carbocycles. The lowest BCUT2D eigenvalue weighted by atomic mass is 9.87. The average molecular weight is 492 g/mol. The summed E-state index contributed by atoms with van der Waals surface area (Å²) in [6.45, 7) is 0.302. The normalized spacial score (nSPS) is 17.5. The second-order valence-electron chi connectivity index (χ2n) is 8.74. The monoisotopic (exact) mass is 491 g/mol. The van der Waals surface area contributed by atoms with E-state index in [0.717, 1.165) is 24.5 Å². The van der Waals surface area contributed by atoms with Gasteiger partial charge < -0.3 is 4.57 Å². The van der Waals surface area contributed by atoms with Gasteiger partial charge in [-0.05, 0) is 56.4 Å². The summed E-state index contributed by atoms with van der Waals surface area (Å²) in [6.07, 6.45) is 5.78. The molecule has 1 atom stereocenters. The molecule has 3 rings (SSSR count). The van der Waals surface area contributed by atoms with E-state index >= 15 is 0 Å². The minimum atomic E-state index is -4.64.